The molecule has 2 rings (SSSR count). The van der Waals surface area contributed by atoms with Crippen molar-refractivity contribution in [3.63, 3.8) is 0 Å². The Morgan fingerprint density at radius 2 is 2.67 bits per heavy atom. The third kappa shape index (κ3) is 2.56. The van der Waals surface area contributed by atoms with Crippen molar-refractivity contribution in [2.24, 2.45) is 0 Å². The summed E-state index contributed by atoms with van der Waals surface area (Å²) in [6, 6.07) is 0. The summed E-state index contributed by atoms with van der Waals surface area (Å²) in [5.74, 6) is 0.628. The minimum Gasteiger partial charge on any atom is -0.376 e. The monoisotopic (exact) mass is 209 g/mol. The second-order valence-electron chi connectivity index (χ2n) is 3.73. The van der Waals surface area contributed by atoms with E-state index in [1.807, 2.05) is 6.92 Å². The summed E-state index contributed by atoms with van der Waals surface area (Å²) in [5.41, 5.74) is 0.505. The van der Waals surface area contributed by atoms with Gasteiger partial charge in [-0.1, -0.05) is 0 Å². The Balaban J connectivity index is 1.81. The molecule has 1 aromatic heterocycles. The van der Waals surface area contributed by atoms with E-state index in [1.54, 1.807) is 6.20 Å². The molecule has 0 radical (unpaired) electrons. The molecule has 1 saturated heterocycles. The Morgan fingerprint density at radius 1 is 1.80 bits per heavy atom. The van der Waals surface area contributed by atoms with Crippen molar-refractivity contribution in [2.45, 2.75) is 25.9 Å². The summed E-state index contributed by atoms with van der Waals surface area (Å²) < 4.78 is 5.40. The van der Waals surface area contributed by atoms with E-state index in [1.165, 1.54) is 0 Å². The second kappa shape index (κ2) is 4.44. The third-order valence-corrected chi connectivity index (χ3v) is 2.46. The zero-order valence-electron chi connectivity index (χ0n) is 8.75. The number of H-pyrrole nitrogens is 1. The first-order valence-electron chi connectivity index (χ1n) is 5.17. The standard InChI is InChI=1S/C10H15N3O2/c1-7-11-6-9(13-7)10(14)12-5-8-3-2-4-15-8/h6,8H,2-5H2,1H3,(H,11,13)(H,12,14). The number of amides is 1. The van der Waals surface area contributed by atoms with Crippen LogP contribution in [0.3, 0.4) is 0 Å². The molecular formula is C10H15N3O2. The molecule has 1 aliphatic rings. The Hall–Kier alpha value is -1.36. The number of ether oxygens (including phenoxy) is 1. The van der Waals surface area contributed by atoms with Gasteiger partial charge in [0.15, 0.2) is 0 Å². The smallest absolute Gasteiger partial charge is 0.269 e. The van der Waals surface area contributed by atoms with Crippen LogP contribution in [0.15, 0.2) is 6.20 Å². The van der Waals surface area contributed by atoms with Gasteiger partial charge in [-0.15, -0.1) is 0 Å². The van der Waals surface area contributed by atoms with Crippen LogP contribution in [-0.2, 0) is 4.74 Å². The van der Waals surface area contributed by atoms with Gasteiger partial charge >= 0.3 is 0 Å². The van der Waals surface area contributed by atoms with E-state index >= 15 is 0 Å². The topological polar surface area (TPSA) is 67.0 Å². The van der Waals surface area contributed by atoms with Gasteiger partial charge in [0.25, 0.3) is 5.91 Å². The maximum atomic E-state index is 11.6. The fourth-order valence-electron chi connectivity index (χ4n) is 1.64. The maximum absolute atomic E-state index is 11.6. The molecule has 2 heterocycles. The van der Waals surface area contributed by atoms with Gasteiger partial charge in [-0.05, 0) is 19.8 Å². The maximum Gasteiger partial charge on any atom is 0.269 e. The van der Waals surface area contributed by atoms with Crippen molar-refractivity contribution in [1.82, 2.24) is 15.3 Å². The highest BCUT2D eigenvalue weighted by molar-refractivity contribution is 5.92. The average molecular weight is 209 g/mol. The van der Waals surface area contributed by atoms with Crippen LogP contribution in [0.2, 0.25) is 0 Å². The summed E-state index contributed by atoms with van der Waals surface area (Å²) in [6.45, 7) is 3.21. The fraction of sp³-hybridized carbons (Fsp3) is 0.600. The van der Waals surface area contributed by atoms with Gasteiger partial charge < -0.3 is 15.0 Å². The lowest BCUT2D eigenvalue weighted by molar-refractivity contribution is 0.0854. The van der Waals surface area contributed by atoms with Crippen LogP contribution < -0.4 is 5.32 Å². The number of carbonyl (C=O) groups excluding carboxylic acids is 1. The number of carbonyl (C=O) groups is 1. The van der Waals surface area contributed by atoms with E-state index in [4.69, 9.17) is 4.74 Å². The molecular weight excluding hydrogens is 194 g/mol. The zero-order chi connectivity index (χ0) is 10.7. The number of aromatic amines is 1. The van der Waals surface area contributed by atoms with Crippen molar-refractivity contribution in [3.05, 3.63) is 17.7 Å². The van der Waals surface area contributed by atoms with Crippen molar-refractivity contribution < 1.29 is 9.53 Å². The minimum absolute atomic E-state index is 0.119. The number of nitrogens with zero attached hydrogens (tertiary/aromatic N) is 1. The normalized spacial score (nSPS) is 20.5. The van der Waals surface area contributed by atoms with Crippen molar-refractivity contribution in [3.8, 4) is 0 Å². The molecule has 1 fully saturated rings. The number of imidazole rings is 1. The SMILES string of the molecule is Cc1ncc(C(=O)NCC2CCCO2)[nH]1. The molecule has 1 aliphatic heterocycles. The molecule has 0 bridgehead atoms. The van der Waals surface area contributed by atoms with Crippen LogP contribution in [0.1, 0.15) is 29.2 Å². The summed E-state index contributed by atoms with van der Waals surface area (Å²) in [6.07, 6.45) is 3.84. The molecule has 82 valence electrons. The second-order valence-corrected chi connectivity index (χ2v) is 3.73. The van der Waals surface area contributed by atoms with Gasteiger partial charge in [0, 0.05) is 13.2 Å². The van der Waals surface area contributed by atoms with Gasteiger partial charge in [0.1, 0.15) is 11.5 Å². The largest absolute Gasteiger partial charge is 0.376 e. The van der Waals surface area contributed by atoms with E-state index < -0.39 is 0 Å². The number of hydrogen-bond donors (Lipinski definition) is 2. The quantitative estimate of drug-likeness (QED) is 0.767. The first kappa shape index (κ1) is 10.2. The van der Waals surface area contributed by atoms with Gasteiger partial charge in [-0.3, -0.25) is 4.79 Å². The van der Waals surface area contributed by atoms with Crippen LogP contribution in [0.4, 0.5) is 0 Å². The highest BCUT2D eigenvalue weighted by Crippen LogP contribution is 2.10. The molecule has 5 heteroatoms. The summed E-state index contributed by atoms with van der Waals surface area (Å²) in [4.78, 5) is 18.4. The molecule has 5 nitrogen and oxygen atoms in total. The molecule has 0 aromatic carbocycles. The number of aryl methyl sites for hydroxylation is 1. The lowest BCUT2D eigenvalue weighted by Crippen LogP contribution is -2.31. The molecule has 1 atom stereocenters. The molecule has 1 unspecified atom stereocenters. The van der Waals surface area contributed by atoms with Crippen molar-refractivity contribution in [2.75, 3.05) is 13.2 Å². The highest BCUT2D eigenvalue weighted by Gasteiger charge is 2.17. The van der Waals surface area contributed by atoms with Crippen molar-refractivity contribution >= 4 is 5.91 Å². The number of hydrogen-bond acceptors (Lipinski definition) is 3. The van der Waals surface area contributed by atoms with Crippen molar-refractivity contribution in [1.29, 1.82) is 0 Å². The molecule has 1 aromatic rings. The Morgan fingerprint density at radius 3 is 3.27 bits per heavy atom. The molecule has 15 heavy (non-hydrogen) atoms. The van der Waals surface area contributed by atoms with E-state index in [2.05, 4.69) is 15.3 Å². The Kier molecular flexibility index (Phi) is 3.01. The molecule has 1 amide bonds. The van der Waals surface area contributed by atoms with Crippen LogP contribution in [0.25, 0.3) is 0 Å². The van der Waals surface area contributed by atoms with Gasteiger partial charge in [-0.2, -0.15) is 0 Å². The Bertz CT molecular complexity index is 342. The summed E-state index contributed by atoms with van der Waals surface area (Å²) in [5, 5.41) is 2.82. The zero-order valence-corrected chi connectivity index (χ0v) is 8.75. The van der Waals surface area contributed by atoms with Crippen LogP contribution >= 0.6 is 0 Å². The number of rotatable bonds is 3. The van der Waals surface area contributed by atoms with E-state index in [0.717, 1.165) is 25.3 Å². The molecule has 2 N–H and O–H groups in total. The summed E-state index contributed by atoms with van der Waals surface area (Å²) >= 11 is 0. The van der Waals surface area contributed by atoms with Crippen LogP contribution in [0, 0.1) is 6.92 Å². The fourth-order valence-corrected chi connectivity index (χ4v) is 1.64. The summed E-state index contributed by atoms with van der Waals surface area (Å²) in [7, 11) is 0. The highest BCUT2D eigenvalue weighted by atomic mass is 16.5. The lowest BCUT2D eigenvalue weighted by atomic mass is 10.2. The number of nitrogens with one attached hydrogen (secondary N) is 2. The molecule has 0 aliphatic carbocycles. The first-order chi connectivity index (χ1) is 7.25. The molecule has 0 saturated carbocycles. The molecule has 0 spiro atoms. The predicted octanol–water partition coefficient (Wildman–Crippen LogP) is 0.627. The van der Waals surface area contributed by atoms with E-state index in [0.29, 0.717) is 12.2 Å². The average Bonchev–Trinajstić information content (AvgIpc) is 2.84. The lowest BCUT2D eigenvalue weighted by Gasteiger charge is -2.09. The van der Waals surface area contributed by atoms with Crippen LogP contribution in [-0.4, -0.2) is 35.1 Å². The third-order valence-electron chi connectivity index (χ3n) is 2.46. The van der Waals surface area contributed by atoms with E-state index in [9.17, 15) is 4.79 Å². The number of aromatic nitrogens is 2. The van der Waals surface area contributed by atoms with E-state index in [-0.39, 0.29) is 12.0 Å². The van der Waals surface area contributed by atoms with Gasteiger partial charge in [0.2, 0.25) is 0 Å². The predicted molar refractivity (Wildman–Crippen MR) is 54.6 cm³/mol. The van der Waals surface area contributed by atoms with Crippen LogP contribution in [0.5, 0.6) is 0 Å². The Labute approximate surface area is 88.2 Å². The minimum atomic E-state index is -0.119. The van der Waals surface area contributed by atoms with Gasteiger partial charge in [-0.25, -0.2) is 4.98 Å². The first-order valence-corrected chi connectivity index (χ1v) is 5.17. The van der Waals surface area contributed by atoms with Gasteiger partial charge in [0.05, 0.1) is 12.3 Å².